The van der Waals surface area contributed by atoms with E-state index in [9.17, 15) is 4.79 Å². The van der Waals surface area contributed by atoms with E-state index in [1.807, 2.05) is 24.3 Å². The molecule has 2 rings (SSSR count). The highest BCUT2D eigenvalue weighted by Crippen LogP contribution is 2.33. The first-order valence-electron chi connectivity index (χ1n) is 5.60. The van der Waals surface area contributed by atoms with Crippen molar-refractivity contribution in [3.05, 3.63) is 29.8 Å². The molecule has 86 valence electrons. The number of aryl methyl sites for hydroxylation is 1. The van der Waals surface area contributed by atoms with Gasteiger partial charge < -0.3 is 9.47 Å². The molecule has 0 bridgehead atoms. The van der Waals surface area contributed by atoms with Crippen molar-refractivity contribution in [2.45, 2.75) is 32.3 Å². The maximum absolute atomic E-state index is 11.8. The second kappa shape index (κ2) is 4.16. The largest absolute Gasteiger partial charge is 0.476 e. The molecule has 0 N–H and O–H groups in total. The second-order valence-electron chi connectivity index (χ2n) is 4.16. The number of esters is 1. The number of benzene rings is 1. The SMILES string of the molecule is CCOC(=O)C1(C)CCc2ccccc2O1. The lowest BCUT2D eigenvalue weighted by Gasteiger charge is -2.33. The van der Waals surface area contributed by atoms with Crippen LogP contribution in [0.1, 0.15) is 25.8 Å². The molecule has 1 aliphatic heterocycles. The van der Waals surface area contributed by atoms with Crippen LogP contribution in [0.3, 0.4) is 0 Å². The van der Waals surface area contributed by atoms with E-state index >= 15 is 0 Å². The van der Waals surface area contributed by atoms with Gasteiger partial charge in [-0.05, 0) is 31.9 Å². The quantitative estimate of drug-likeness (QED) is 0.717. The molecule has 1 aromatic rings. The third-order valence-corrected chi connectivity index (χ3v) is 2.89. The first-order valence-corrected chi connectivity index (χ1v) is 5.60. The topological polar surface area (TPSA) is 35.5 Å². The summed E-state index contributed by atoms with van der Waals surface area (Å²) < 4.78 is 10.8. The van der Waals surface area contributed by atoms with Crippen LogP contribution in [0.4, 0.5) is 0 Å². The molecule has 0 amide bonds. The molecule has 1 unspecified atom stereocenters. The average molecular weight is 220 g/mol. The minimum atomic E-state index is -0.829. The third kappa shape index (κ3) is 1.90. The van der Waals surface area contributed by atoms with Crippen molar-refractivity contribution in [1.82, 2.24) is 0 Å². The minimum absolute atomic E-state index is 0.274. The van der Waals surface area contributed by atoms with E-state index in [2.05, 4.69) is 0 Å². The lowest BCUT2D eigenvalue weighted by Crippen LogP contribution is -2.45. The maximum Gasteiger partial charge on any atom is 0.350 e. The van der Waals surface area contributed by atoms with E-state index in [0.717, 1.165) is 17.7 Å². The summed E-state index contributed by atoms with van der Waals surface area (Å²) in [6.45, 7) is 3.98. The van der Waals surface area contributed by atoms with Gasteiger partial charge in [-0.2, -0.15) is 0 Å². The third-order valence-electron chi connectivity index (χ3n) is 2.89. The fraction of sp³-hybridized carbons (Fsp3) is 0.462. The Hall–Kier alpha value is -1.51. The summed E-state index contributed by atoms with van der Waals surface area (Å²) in [5, 5.41) is 0. The van der Waals surface area contributed by atoms with Crippen LogP contribution in [0.5, 0.6) is 5.75 Å². The van der Waals surface area contributed by atoms with Crippen LogP contribution < -0.4 is 4.74 Å². The molecule has 1 atom stereocenters. The van der Waals surface area contributed by atoms with E-state index in [1.165, 1.54) is 0 Å². The Balaban J connectivity index is 2.21. The standard InChI is InChI=1S/C13H16O3/c1-3-15-12(14)13(2)9-8-10-6-4-5-7-11(10)16-13/h4-7H,3,8-9H2,1-2H3. The number of carbonyl (C=O) groups excluding carboxylic acids is 1. The molecule has 0 saturated heterocycles. The lowest BCUT2D eigenvalue weighted by atomic mass is 9.93. The molecular formula is C13H16O3. The van der Waals surface area contributed by atoms with Crippen LogP contribution in [0.2, 0.25) is 0 Å². The van der Waals surface area contributed by atoms with Gasteiger partial charge in [0.05, 0.1) is 6.61 Å². The van der Waals surface area contributed by atoms with E-state index in [1.54, 1.807) is 13.8 Å². The average Bonchev–Trinajstić information content (AvgIpc) is 2.29. The fourth-order valence-corrected chi connectivity index (χ4v) is 1.90. The van der Waals surface area contributed by atoms with Crippen LogP contribution in [0.15, 0.2) is 24.3 Å². The summed E-state index contributed by atoms with van der Waals surface area (Å²) in [6, 6.07) is 7.82. The number of hydrogen-bond acceptors (Lipinski definition) is 3. The first kappa shape index (κ1) is 11.0. The predicted octanol–water partition coefficient (Wildman–Crippen LogP) is 2.33. The smallest absolute Gasteiger partial charge is 0.350 e. The van der Waals surface area contributed by atoms with Crippen LogP contribution in [0, 0.1) is 0 Å². The summed E-state index contributed by atoms with van der Waals surface area (Å²) in [7, 11) is 0. The molecule has 3 heteroatoms. The number of hydrogen-bond donors (Lipinski definition) is 0. The lowest BCUT2D eigenvalue weighted by molar-refractivity contribution is -0.161. The highest BCUT2D eigenvalue weighted by Gasteiger charge is 2.40. The molecule has 0 radical (unpaired) electrons. The Bertz CT molecular complexity index is 400. The summed E-state index contributed by atoms with van der Waals surface area (Å²) in [5.74, 6) is 0.522. The molecule has 0 spiro atoms. The van der Waals surface area contributed by atoms with Gasteiger partial charge in [0.25, 0.3) is 0 Å². The highest BCUT2D eigenvalue weighted by molar-refractivity contribution is 5.80. The fourth-order valence-electron chi connectivity index (χ4n) is 1.90. The number of ether oxygens (including phenoxy) is 2. The molecule has 0 saturated carbocycles. The Labute approximate surface area is 95.4 Å². The highest BCUT2D eigenvalue weighted by atomic mass is 16.6. The van der Waals surface area contributed by atoms with Crippen molar-refractivity contribution >= 4 is 5.97 Å². The minimum Gasteiger partial charge on any atom is -0.476 e. The van der Waals surface area contributed by atoms with Crippen molar-refractivity contribution in [2.75, 3.05) is 6.61 Å². The van der Waals surface area contributed by atoms with Crippen molar-refractivity contribution in [1.29, 1.82) is 0 Å². The van der Waals surface area contributed by atoms with Gasteiger partial charge >= 0.3 is 5.97 Å². The monoisotopic (exact) mass is 220 g/mol. The Morgan fingerprint density at radius 2 is 2.25 bits per heavy atom. The van der Waals surface area contributed by atoms with Gasteiger partial charge in [0.1, 0.15) is 5.75 Å². The van der Waals surface area contributed by atoms with E-state index in [0.29, 0.717) is 13.0 Å². The van der Waals surface area contributed by atoms with Crippen LogP contribution in [0.25, 0.3) is 0 Å². The Kier molecular flexibility index (Phi) is 2.86. The molecule has 0 aromatic heterocycles. The number of para-hydroxylation sites is 1. The molecule has 3 nitrogen and oxygen atoms in total. The van der Waals surface area contributed by atoms with Crippen LogP contribution in [-0.4, -0.2) is 18.2 Å². The van der Waals surface area contributed by atoms with E-state index in [-0.39, 0.29) is 5.97 Å². The van der Waals surface area contributed by atoms with Gasteiger partial charge in [-0.1, -0.05) is 18.2 Å². The number of rotatable bonds is 2. The predicted molar refractivity (Wildman–Crippen MR) is 60.4 cm³/mol. The molecule has 1 aromatic carbocycles. The van der Waals surface area contributed by atoms with Crippen LogP contribution >= 0.6 is 0 Å². The second-order valence-corrected chi connectivity index (χ2v) is 4.16. The van der Waals surface area contributed by atoms with Gasteiger partial charge in [-0.3, -0.25) is 0 Å². The van der Waals surface area contributed by atoms with Crippen molar-refractivity contribution < 1.29 is 14.3 Å². The maximum atomic E-state index is 11.8. The number of carbonyl (C=O) groups is 1. The van der Waals surface area contributed by atoms with Crippen molar-refractivity contribution in [3.8, 4) is 5.75 Å². The number of fused-ring (bicyclic) bond motifs is 1. The Morgan fingerprint density at radius 3 is 3.00 bits per heavy atom. The first-order chi connectivity index (χ1) is 7.65. The van der Waals surface area contributed by atoms with Gasteiger partial charge in [-0.15, -0.1) is 0 Å². The molecule has 1 heterocycles. The van der Waals surface area contributed by atoms with Crippen LogP contribution in [-0.2, 0) is 16.0 Å². The summed E-state index contributed by atoms with van der Waals surface area (Å²) in [4.78, 5) is 11.8. The summed E-state index contributed by atoms with van der Waals surface area (Å²) in [5.41, 5.74) is 0.328. The normalized spacial score (nSPS) is 23.1. The van der Waals surface area contributed by atoms with E-state index in [4.69, 9.17) is 9.47 Å². The zero-order chi connectivity index (χ0) is 11.6. The van der Waals surface area contributed by atoms with Gasteiger partial charge in [0.15, 0.2) is 0 Å². The summed E-state index contributed by atoms with van der Waals surface area (Å²) >= 11 is 0. The van der Waals surface area contributed by atoms with Crippen molar-refractivity contribution in [3.63, 3.8) is 0 Å². The Morgan fingerprint density at radius 1 is 1.50 bits per heavy atom. The zero-order valence-corrected chi connectivity index (χ0v) is 9.66. The van der Waals surface area contributed by atoms with Crippen molar-refractivity contribution in [2.24, 2.45) is 0 Å². The van der Waals surface area contributed by atoms with Gasteiger partial charge in [-0.25, -0.2) is 4.79 Å². The van der Waals surface area contributed by atoms with E-state index < -0.39 is 5.60 Å². The zero-order valence-electron chi connectivity index (χ0n) is 9.66. The van der Waals surface area contributed by atoms with Gasteiger partial charge in [0, 0.05) is 6.42 Å². The molecule has 0 aliphatic carbocycles. The summed E-state index contributed by atoms with van der Waals surface area (Å²) in [6.07, 6.45) is 1.52. The molecule has 16 heavy (non-hydrogen) atoms. The molecule has 1 aliphatic rings. The molecular weight excluding hydrogens is 204 g/mol. The molecule has 0 fully saturated rings. The van der Waals surface area contributed by atoms with Gasteiger partial charge in [0.2, 0.25) is 5.60 Å².